The van der Waals surface area contributed by atoms with Gasteiger partial charge in [0, 0.05) is 18.3 Å². The lowest BCUT2D eigenvalue weighted by Gasteiger charge is -2.49. The molecule has 3 aliphatic rings. The Balaban J connectivity index is 1.48. The zero-order valence-electron chi connectivity index (χ0n) is 21.0. The number of hydrogen-bond donors (Lipinski definition) is 1. The third-order valence-corrected chi connectivity index (χ3v) is 9.91. The molecule has 5 rings (SSSR count). The van der Waals surface area contributed by atoms with Crippen molar-refractivity contribution in [3.05, 3.63) is 59.7 Å². The first-order chi connectivity index (χ1) is 17.2. The Bertz CT molecular complexity index is 1290. The monoisotopic (exact) mass is 506 g/mol. The first kappa shape index (κ1) is 24.8. The number of carbonyl (C=O) groups excluding carboxylic acids is 1. The first-order valence-corrected chi connectivity index (χ1v) is 14.7. The second-order valence-corrected chi connectivity index (χ2v) is 12.8. The fraction of sp³-hybridized carbons (Fsp3) is 0.500. The number of sulfone groups is 1. The Kier molecular flexibility index (Phi) is 6.34. The number of rotatable bonds is 6. The molecular weight excluding hydrogens is 472 g/mol. The van der Waals surface area contributed by atoms with E-state index in [1.165, 1.54) is 24.1 Å². The van der Waals surface area contributed by atoms with E-state index < -0.39 is 9.84 Å². The smallest absolute Gasteiger partial charge is 0.317 e. The number of anilines is 1. The first-order valence-electron chi connectivity index (χ1n) is 12.8. The highest BCUT2D eigenvalue weighted by Crippen LogP contribution is 2.48. The summed E-state index contributed by atoms with van der Waals surface area (Å²) in [6, 6.07) is 17.1. The molecule has 8 heteroatoms. The van der Waals surface area contributed by atoms with Crippen molar-refractivity contribution in [2.24, 2.45) is 5.92 Å². The third kappa shape index (κ3) is 4.18. The average molecular weight is 507 g/mol. The van der Waals surface area contributed by atoms with E-state index in [-0.39, 0.29) is 27.6 Å². The van der Waals surface area contributed by atoms with E-state index in [4.69, 9.17) is 0 Å². The van der Waals surface area contributed by atoms with Crippen molar-refractivity contribution in [2.75, 3.05) is 31.3 Å². The van der Waals surface area contributed by atoms with E-state index in [0.29, 0.717) is 18.2 Å². The van der Waals surface area contributed by atoms with Gasteiger partial charge in [0.1, 0.15) is 6.07 Å². The van der Waals surface area contributed by atoms with E-state index in [1.807, 2.05) is 13.1 Å². The Morgan fingerprint density at radius 2 is 1.78 bits per heavy atom. The maximum atomic E-state index is 13.9. The minimum Gasteiger partial charge on any atom is -0.317 e. The van der Waals surface area contributed by atoms with Gasteiger partial charge in [-0.25, -0.2) is 13.2 Å². The van der Waals surface area contributed by atoms with Crippen LogP contribution in [0.25, 0.3) is 0 Å². The molecule has 3 fully saturated rings. The van der Waals surface area contributed by atoms with Gasteiger partial charge < -0.3 is 10.2 Å². The SMILES string of the molecule is CN[C@]1(c2ccccc2)CC[C@@]2(CC1)CN(c1ccc(S(C)(=O)=O)cc1C#N)C(=O)N2CC1CCC1. The summed E-state index contributed by atoms with van der Waals surface area (Å²) in [5, 5.41) is 13.4. The van der Waals surface area contributed by atoms with Crippen molar-refractivity contribution in [3.8, 4) is 6.07 Å². The van der Waals surface area contributed by atoms with Crippen molar-refractivity contribution in [2.45, 2.75) is 60.9 Å². The topological polar surface area (TPSA) is 93.5 Å². The largest absolute Gasteiger partial charge is 0.325 e. The summed E-state index contributed by atoms with van der Waals surface area (Å²) in [6.07, 6.45) is 8.19. The molecule has 2 aromatic carbocycles. The number of carbonyl (C=O) groups is 1. The van der Waals surface area contributed by atoms with Crippen LogP contribution >= 0.6 is 0 Å². The van der Waals surface area contributed by atoms with E-state index in [0.717, 1.165) is 51.3 Å². The summed E-state index contributed by atoms with van der Waals surface area (Å²) in [5.74, 6) is 0.527. The van der Waals surface area contributed by atoms with Crippen LogP contribution in [-0.2, 0) is 15.4 Å². The minimum absolute atomic E-state index is 0.0674. The second kappa shape index (κ2) is 9.20. The molecule has 2 aliphatic carbocycles. The highest BCUT2D eigenvalue weighted by Gasteiger charge is 2.54. The predicted molar refractivity (Wildman–Crippen MR) is 139 cm³/mol. The Morgan fingerprint density at radius 3 is 2.33 bits per heavy atom. The molecule has 2 saturated carbocycles. The van der Waals surface area contributed by atoms with Crippen LogP contribution in [0.4, 0.5) is 10.5 Å². The Labute approximate surface area is 214 Å². The number of amides is 2. The minimum atomic E-state index is -3.45. The van der Waals surface area contributed by atoms with Crippen LogP contribution in [0.5, 0.6) is 0 Å². The van der Waals surface area contributed by atoms with Crippen LogP contribution in [-0.4, -0.2) is 51.3 Å². The summed E-state index contributed by atoms with van der Waals surface area (Å²) in [6.45, 7) is 1.26. The van der Waals surface area contributed by atoms with Gasteiger partial charge in [-0.05, 0) is 75.3 Å². The van der Waals surface area contributed by atoms with Gasteiger partial charge in [-0.15, -0.1) is 0 Å². The molecule has 1 spiro atoms. The second-order valence-electron chi connectivity index (χ2n) is 10.8. The van der Waals surface area contributed by atoms with Crippen LogP contribution in [0.2, 0.25) is 0 Å². The Morgan fingerprint density at radius 1 is 1.08 bits per heavy atom. The van der Waals surface area contributed by atoms with Crippen LogP contribution in [0.15, 0.2) is 53.4 Å². The molecule has 190 valence electrons. The van der Waals surface area contributed by atoms with Crippen molar-refractivity contribution >= 4 is 21.6 Å². The van der Waals surface area contributed by atoms with Gasteiger partial charge in [0.05, 0.1) is 28.2 Å². The summed E-state index contributed by atoms with van der Waals surface area (Å²) < 4.78 is 24.1. The predicted octanol–water partition coefficient (Wildman–Crippen LogP) is 4.43. The molecule has 1 N–H and O–H groups in total. The summed E-state index contributed by atoms with van der Waals surface area (Å²) in [4.78, 5) is 17.8. The molecule has 0 radical (unpaired) electrons. The van der Waals surface area contributed by atoms with E-state index in [1.54, 1.807) is 11.0 Å². The molecule has 0 bridgehead atoms. The van der Waals surface area contributed by atoms with E-state index in [9.17, 15) is 18.5 Å². The normalized spacial score (nSPS) is 26.8. The number of nitrogens with one attached hydrogen (secondary N) is 1. The maximum Gasteiger partial charge on any atom is 0.325 e. The lowest BCUT2D eigenvalue weighted by molar-refractivity contribution is 0.0593. The standard InChI is InChI=1S/C28H34N4O3S/c1-30-28(23-9-4-3-5-10-23)15-13-27(14-16-28)20-31(26(33)32(27)19-21-7-6-8-21)25-12-11-24(36(2,34)35)17-22(25)18-29/h3-5,9-12,17,21,30H,6-8,13-16,19-20H2,1-2H3/t27-,28-. The van der Waals surface area contributed by atoms with E-state index in [2.05, 4.69) is 40.6 Å². The lowest BCUT2D eigenvalue weighted by atomic mass is 9.68. The Hall–Kier alpha value is -2.89. The maximum absolute atomic E-state index is 13.9. The number of benzene rings is 2. The lowest BCUT2D eigenvalue weighted by Crippen LogP contribution is -2.56. The molecular formula is C28H34N4O3S. The van der Waals surface area contributed by atoms with Crippen LogP contribution in [0, 0.1) is 17.2 Å². The van der Waals surface area contributed by atoms with Crippen molar-refractivity contribution in [1.82, 2.24) is 10.2 Å². The molecule has 0 atom stereocenters. The zero-order valence-corrected chi connectivity index (χ0v) is 21.9. The van der Waals surface area contributed by atoms with Crippen molar-refractivity contribution in [3.63, 3.8) is 0 Å². The van der Waals surface area contributed by atoms with Gasteiger partial charge in [0.25, 0.3) is 0 Å². The fourth-order valence-corrected chi connectivity index (χ4v) is 6.92. The fourth-order valence-electron chi connectivity index (χ4n) is 6.27. The van der Waals surface area contributed by atoms with Crippen molar-refractivity contribution in [1.29, 1.82) is 5.26 Å². The van der Waals surface area contributed by atoms with Gasteiger partial charge >= 0.3 is 6.03 Å². The van der Waals surface area contributed by atoms with Gasteiger partial charge in [-0.2, -0.15) is 5.26 Å². The number of nitrogens with zero attached hydrogens (tertiary/aromatic N) is 3. The number of hydrogen-bond acceptors (Lipinski definition) is 5. The molecule has 2 amide bonds. The van der Waals surface area contributed by atoms with Crippen LogP contribution < -0.4 is 10.2 Å². The van der Waals surface area contributed by atoms with Crippen LogP contribution in [0.3, 0.4) is 0 Å². The highest BCUT2D eigenvalue weighted by molar-refractivity contribution is 7.90. The molecule has 2 aromatic rings. The van der Waals surface area contributed by atoms with Crippen LogP contribution in [0.1, 0.15) is 56.1 Å². The molecule has 0 aromatic heterocycles. The summed E-state index contributed by atoms with van der Waals surface area (Å²) >= 11 is 0. The van der Waals surface area contributed by atoms with Gasteiger partial charge in [0.2, 0.25) is 0 Å². The summed E-state index contributed by atoms with van der Waals surface area (Å²) in [5.41, 5.74) is 1.57. The number of urea groups is 1. The van der Waals surface area contributed by atoms with Crippen molar-refractivity contribution < 1.29 is 13.2 Å². The van der Waals surface area contributed by atoms with Gasteiger partial charge in [-0.1, -0.05) is 36.8 Å². The van der Waals surface area contributed by atoms with Gasteiger partial charge in [-0.3, -0.25) is 4.90 Å². The summed E-state index contributed by atoms with van der Waals surface area (Å²) in [7, 11) is -1.43. The van der Waals surface area contributed by atoms with E-state index >= 15 is 0 Å². The molecule has 1 aliphatic heterocycles. The van der Waals surface area contributed by atoms with Gasteiger partial charge in [0.15, 0.2) is 9.84 Å². The molecule has 7 nitrogen and oxygen atoms in total. The molecule has 1 saturated heterocycles. The molecule has 0 unspecified atom stereocenters. The molecule has 1 heterocycles. The third-order valence-electron chi connectivity index (χ3n) is 8.80. The average Bonchev–Trinajstić information content (AvgIpc) is 3.12. The quantitative estimate of drug-likeness (QED) is 0.626. The zero-order chi connectivity index (χ0) is 25.6. The molecule has 36 heavy (non-hydrogen) atoms. The number of nitriles is 1. The highest BCUT2D eigenvalue weighted by atomic mass is 32.2.